The number of hydrogen-bond donors (Lipinski definition) is 2. The highest BCUT2D eigenvalue weighted by atomic mass is 16.3. The Morgan fingerprint density at radius 3 is 2.42 bits per heavy atom. The molecule has 3 aliphatic rings. The zero-order chi connectivity index (χ0) is 13.7. The molecule has 2 N–H and O–H groups in total. The molecular formula is C17H25NO. The summed E-state index contributed by atoms with van der Waals surface area (Å²) in [4.78, 5) is 0. The second-order valence-corrected chi connectivity index (χ2v) is 7.19. The summed E-state index contributed by atoms with van der Waals surface area (Å²) in [6, 6.07) is 10.7. The van der Waals surface area contributed by atoms with Crippen LogP contribution in [0, 0.1) is 17.3 Å². The first kappa shape index (κ1) is 13.1. The minimum absolute atomic E-state index is 0.226. The Hall–Kier alpha value is -0.860. The summed E-state index contributed by atoms with van der Waals surface area (Å²) in [5.74, 6) is 1.21. The Morgan fingerprint density at radius 2 is 1.84 bits per heavy atom. The molecule has 104 valence electrons. The van der Waals surface area contributed by atoms with Crippen LogP contribution in [-0.2, 0) is 6.54 Å². The first-order valence-corrected chi connectivity index (χ1v) is 7.42. The average Bonchev–Trinajstić information content (AvgIpc) is 2.37. The molecule has 4 rings (SSSR count). The van der Waals surface area contributed by atoms with Gasteiger partial charge in [-0.1, -0.05) is 44.2 Å². The van der Waals surface area contributed by atoms with Crippen LogP contribution in [-0.4, -0.2) is 16.7 Å². The van der Waals surface area contributed by atoms with Crippen molar-refractivity contribution >= 4 is 0 Å². The summed E-state index contributed by atoms with van der Waals surface area (Å²) in [7, 11) is 0. The molecular weight excluding hydrogens is 234 g/mol. The predicted molar refractivity (Wildman–Crippen MR) is 77.7 cm³/mol. The first-order valence-electron chi connectivity index (χ1n) is 7.42. The van der Waals surface area contributed by atoms with E-state index in [-0.39, 0.29) is 6.04 Å². The van der Waals surface area contributed by atoms with Crippen molar-refractivity contribution in [3.05, 3.63) is 35.9 Å². The molecule has 1 aromatic rings. The fraction of sp³-hybridized carbons (Fsp3) is 0.647. The van der Waals surface area contributed by atoms with Gasteiger partial charge in [0, 0.05) is 12.6 Å². The fourth-order valence-corrected chi connectivity index (χ4v) is 4.30. The third-order valence-corrected chi connectivity index (χ3v) is 5.80. The number of nitrogens with one attached hydrogen (secondary N) is 1. The molecule has 0 heterocycles. The predicted octanol–water partition coefficient (Wildman–Crippen LogP) is 2.96. The van der Waals surface area contributed by atoms with Gasteiger partial charge in [-0.3, -0.25) is 0 Å². The van der Waals surface area contributed by atoms with Crippen molar-refractivity contribution < 1.29 is 5.11 Å². The van der Waals surface area contributed by atoms with Crippen molar-refractivity contribution in [1.82, 2.24) is 5.32 Å². The molecule has 19 heavy (non-hydrogen) atoms. The van der Waals surface area contributed by atoms with Crippen molar-refractivity contribution in [2.45, 2.75) is 51.8 Å². The maximum absolute atomic E-state index is 10.9. The molecule has 4 atom stereocenters. The molecule has 3 fully saturated rings. The van der Waals surface area contributed by atoms with E-state index < -0.39 is 5.60 Å². The molecule has 2 nitrogen and oxygen atoms in total. The van der Waals surface area contributed by atoms with Gasteiger partial charge in [-0.25, -0.2) is 0 Å². The lowest BCUT2D eigenvalue weighted by Crippen LogP contribution is -2.69. The van der Waals surface area contributed by atoms with Crippen LogP contribution in [0.3, 0.4) is 0 Å². The lowest BCUT2D eigenvalue weighted by molar-refractivity contribution is -0.209. The van der Waals surface area contributed by atoms with Gasteiger partial charge in [0.1, 0.15) is 0 Å². The maximum Gasteiger partial charge on any atom is 0.0805 e. The van der Waals surface area contributed by atoms with Crippen molar-refractivity contribution in [2.75, 3.05) is 0 Å². The largest absolute Gasteiger partial charge is 0.388 e. The van der Waals surface area contributed by atoms with Crippen LogP contribution in [0.15, 0.2) is 30.3 Å². The SMILES string of the molecule is CC1(C)C2CC1[C@](C)(O)[C@@H](NCc1ccccc1)C2. The third kappa shape index (κ3) is 2.02. The third-order valence-electron chi connectivity index (χ3n) is 5.80. The summed E-state index contributed by atoms with van der Waals surface area (Å²) in [6.07, 6.45) is 2.30. The number of rotatable bonds is 3. The molecule has 1 aromatic carbocycles. The second kappa shape index (κ2) is 4.32. The van der Waals surface area contributed by atoms with Gasteiger partial charge in [0.05, 0.1) is 5.60 Å². The molecule has 3 aliphatic carbocycles. The first-order chi connectivity index (χ1) is 8.92. The minimum Gasteiger partial charge on any atom is -0.388 e. The molecule has 2 heteroatoms. The van der Waals surface area contributed by atoms with Crippen molar-refractivity contribution in [2.24, 2.45) is 17.3 Å². The minimum atomic E-state index is -0.576. The zero-order valence-corrected chi connectivity index (χ0v) is 12.2. The molecule has 0 saturated heterocycles. The van der Waals surface area contributed by atoms with Crippen LogP contribution >= 0.6 is 0 Å². The molecule has 0 aliphatic heterocycles. The van der Waals surface area contributed by atoms with Gasteiger partial charge in [-0.15, -0.1) is 0 Å². The van der Waals surface area contributed by atoms with Gasteiger partial charge in [0.2, 0.25) is 0 Å². The van der Waals surface area contributed by atoms with E-state index in [9.17, 15) is 5.11 Å². The molecule has 0 amide bonds. The normalized spacial score (nSPS) is 39.7. The zero-order valence-electron chi connectivity index (χ0n) is 12.2. The number of benzene rings is 1. The summed E-state index contributed by atoms with van der Waals surface area (Å²) >= 11 is 0. The average molecular weight is 259 g/mol. The summed E-state index contributed by atoms with van der Waals surface area (Å²) in [5.41, 5.74) is 1.03. The molecule has 0 radical (unpaired) electrons. The number of fused-ring (bicyclic) bond motifs is 2. The second-order valence-electron chi connectivity index (χ2n) is 7.19. The van der Waals surface area contributed by atoms with Crippen LogP contribution in [0.5, 0.6) is 0 Å². The number of hydrogen-bond acceptors (Lipinski definition) is 2. The highest BCUT2D eigenvalue weighted by molar-refractivity contribution is 5.17. The summed E-state index contributed by atoms with van der Waals surface area (Å²) in [6.45, 7) is 7.50. The Balaban J connectivity index is 1.67. The van der Waals surface area contributed by atoms with Gasteiger partial charge in [0.15, 0.2) is 0 Å². The Bertz CT molecular complexity index is 452. The Morgan fingerprint density at radius 1 is 1.16 bits per heavy atom. The van der Waals surface area contributed by atoms with Crippen molar-refractivity contribution in [1.29, 1.82) is 0 Å². The van der Waals surface area contributed by atoms with Crippen LogP contribution in [0.4, 0.5) is 0 Å². The Kier molecular flexibility index (Phi) is 2.99. The smallest absolute Gasteiger partial charge is 0.0805 e. The Labute approximate surface area is 116 Å². The summed E-state index contributed by atoms with van der Waals surface area (Å²) < 4.78 is 0. The maximum atomic E-state index is 10.9. The van der Waals surface area contributed by atoms with E-state index in [1.807, 2.05) is 13.0 Å². The lowest BCUT2D eigenvalue weighted by Gasteiger charge is -2.65. The van der Waals surface area contributed by atoms with Crippen LogP contribution in [0.2, 0.25) is 0 Å². The van der Waals surface area contributed by atoms with E-state index in [1.54, 1.807) is 0 Å². The van der Waals surface area contributed by atoms with Gasteiger partial charge >= 0.3 is 0 Å². The highest BCUT2D eigenvalue weighted by Crippen LogP contribution is 2.62. The van der Waals surface area contributed by atoms with E-state index in [4.69, 9.17) is 0 Å². The molecule has 3 saturated carbocycles. The lowest BCUT2D eigenvalue weighted by atomic mass is 9.43. The standard InChI is InChI=1S/C17H25NO/c1-16(2)13-9-14(16)17(3,19)15(10-13)18-11-12-7-5-4-6-8-12/h4-8,13-15,18-19H,9-11H2,1-3H3/t13?,14?,15-,17-/m0/s1. The molecule has 0 aromatic heterocycles. The van der Waals surface area contributed by atoms with Crippen LogP contribution < -0.4 is 5.32 Å². The van der Waals surface area contributed by atoms with Crippen LogP contribution in [0.1, 0.15) is 39.2 Å². The van der Waals surface area contributed by atoms with E-state index in [0.717, 1.165) is 18.9 Å². The monoisotopic (exact) mass is 259 g/mol. The summed E-state index contributed by atoms with van der Waals surface area (Å²) in [5, 5.41) is 14.5. The van der Waals surface area contributed by atoms with E-state index >= 15 is 0 Å². The quantitative estimate of drug-likeness (QED) is 0.874. The van der Waals surface area contributed by atoms with E-state index in [0.29, 0.717) is 11.3 Å². The van der Waals surface area contributed by atoms with Crippen molar-refractivity contribution in [3.63, 3.8) is 0 Å². The van der Waals surface area contributed by atoms with Crippen LogP contribution in [0.25, 0.3) is 0 Å². The van der Waals surface area contributed by atoms with Gasteiger partial charge in [-0.2, -0.15) is 0 Å². The van der Waals surface area contributed by atoms with Gasteiger partial charge in [0.25, 0.3) is 0 Å². The highest BCUT2D eigenvalue weighted by Gasteiger charge is 2.62. The molecule has 2 bridgehead atoms. The topological polar surface area (TPSA) is 32.3 Å². The van der Waals surface area contributed by atoms with Crippen molar-refractivity contribution in [3.8, 4) is 0 Å². The van der Waals surface area contributed by atoms with E-state index in [2.05, 4.69) is 43.4 Å². The molecule has 0 spiro atoms. The fourth-order valence-electron chi connectivity index (χ4n) is 4.30. The van der Waals surface area contributed by atoms with E-state index in [1.165, 1.54) is 12.0 Å². The molecule has 2 unspecified atom stereocenters. The number of aliphatic hydroxyl groups is 1. The van der Waals surface area contributed by atoms with Gasteiger partial charge < -0.3 is 10.4 Å². The van der Waals surface area contributed by atoms with Gasteiger partial charge in [-0.05, 0) is 42.6 Å².